The molecule has 3 N–H and O–H groups in total. The Morgan fingerprint density at radius 3 is 2.81 bits per heavy atom. The molecule has 0 spiro atoms. The highest BCUT2D eigenvalue weighted by molar-refractivity contribution is 7.11. The number of aromatic nitrogens is 2. The Balaban J connectivity index is 2.28. The molecule has 112 valence electrons. The second-order valence-electron chi connectivity index (χ2n) is 4.28. The van der Waals surface area contributed by atoms with Crippen molar-refractivity contribution in [1.82, 2.24) is 9.36 Å². The van der Waals surface area contributed by atoms with Gasteiger partial charge in [0, 0.05) is 18.8 Å². The van der Waals surface area contributed by atoms with Crippen LogP contribution in [0.2, 0.25) is 0 Å². The van der Waals surface area contributed by atoms with Gasteiger partial charge in [-0.3, -0.25) is 9.69 Å². The Kier molecular flexibility index (Phi) is 4.66. The van der Waals surface area contributed by atoms with E-state index in [0.29, 0.717) is 23.7 Å². The maximum Gasteiger partial charge on any atom is 0.340 e. The molecule has 0 bridgehead atoms. The Morgan fingerprint density at radius 1 is 1.48 bits per heavy atom. The van der Waals surface area contributed by atoms with Crippen LogP contribution in [0, 0.1) is 6.92 Å². The number of carbonyl (C=O) groups excluding carboxylic acids is 1. The molecule has 0 aromatic carbocycles. The Bertz CT molecular complexity index is 680. The number of carboxylic acids is 1. The summed E-state index contributed by atoms with van der Waals surface area (Å²) in [7, 11) is 1.52. The highest BCUT2D eigenvalue weighted by atomic mass is 32.1. The first kappa shape index (κ1) is 15.5. The van der Waals surface area contributed by atoms with Crippen molar-refractivity contribution in [2.24, 2.45) is 5.73 Å². The number of amides is 1. The minimum atomic E-state index is -1.10. The lowest BCUT2D eigenvalue weighted by atomic mass is 10.2. The van der Waals surface area contributed by atoms with E-state index in [1.54, 1.807) is 12.3 Å². The minimum Gasteiger partial charge on any atom is -0.478 e. The van der Waals surface area contributed by atoms with Gasteiger partial charge in [-0.1, -0.05) is 0 Å². The predicted octanol–water partition coefficient (Wildman–Crippen LogP) is 1.38. The normalized spacial score (nSPS) is 10.6. The molecule has 0 aliphatic carbocycles. The van der Waals surface area contributed by atoms with Gasteiger partial charge in [-0.05, 0) is 25.0 Å². The van der Waals surface area contributed by atoms with Gasteiger partial charge in [-0.2, -0.15) is 4.37 Å². The smallest absolute Gasteiger partial charge is 0.340 e. The van der Waals surface area contributed by atoms with Crippen molar-refractivity contribution in [2.75, 3.05) is 18.5 Å². The molecule has 21 heavy (non-hydrogen) atoms. The van der Waals surface area contributed by atoms with E-state index in [4.69, 9.17) is 5.73 Å². The first-order chi connectivity index (χ1) is 9.95. The lowest BCUT2D eigenvalue weighted by molar-refractivity contribution is 0.0697. The lowest BCUT2D eigenvalue weighted by Crippen LogP contribution is -2.27. The van der Waals surface area contributed by atoms with E-state index in [1.807, 2.05) is 0 Å². The Hall–Kier alpha value is -1.84. The summed E-state index contributed by atoms with van der Waals surface area (Å²) in [6, 6.07) is 0. The fraction of sp³-hybridized carbons (Fsp3) is 0.333. The van der Waals surface area contributed by atoms with Crippen LogP contribution in [0.4, 0.5) is 5.00 Å². The van der Waals surface area contributed by atoms with Crippen LogP contribution in [0.5, 0.6) is 0 Å². The summed E-state index contributed by atoms with van der Waals surface area (Å²) >= 11 is 2.35. The number of rotatable bonds is 5. The number of carbonyl (C=O) groups is 2. The zero-order valence-corrected chi connectivity index (χ0v) is 13.1. The molecule has 0 fully saturated rings. The molecule has 0 saturated heterocycles. The number of carboxylic acid groups (broad SMARTS) is 1. The van der Waals surface area contributed by atoms with Crippen molar-refractivity contribution in [1.29, 1.82) is 0 Å². The van der Waals surface area contributed by atoms with Gasteiger partial charge in [0.15, 0.2) is 0 Å². The molecule has 2 aromatic heterocycles. The highest BCUT2D eigenvalue weighted by Crippen LogP contribution is 2.29. The average molecular weight is 326 g/mol. The Morgan fingerprint density at radius 2 is 2.19 bits per heavy atom. The molecular formula is C12H14N4O3S2. The topological polar surface area (TPSA) is 109 Å². The number of nitrogens with zero attached hydrogens (tertiary/aromatic N) is 3. The van der Waals surface area contributed by atoms with Gasteiger partial charge in [0.05, 0.1) is 10.7 Å². The Labute approximate surface area is 129 Å². The summed E-state index contributed by atoms with van der Waals surface area (Å²) in [5.41, 5.74) is 6.18. The molecule has 7 nitrogen and oxygen atoms in total. The predicted molar refractivity (Wildman–Crippen MR) is 81.4 cm³/mol. The van der Waals surface area contributed by atoms with E-state index < -0.39 is 5.97 Å². The maximum atomic E-state index is 12.4. The molecular weight excluding hydrogens is 312 g/mol. The number of aromatic carboxylic acids is 1. The summed E-state index contributed by atoms with van der Waals surface area (Å²) in [4.78, 5) is 29.1. The summed E-state index contributed by atoms with van der Waals surface area (Å²) in [5.74, 6) is -1.46. The van der Waals surface area contributed by atoms with Gasteiger partial charge >= 0.3 is 5.97 Å². The van der Waals surface area contributed by atoms with Crippen LogP contribution >= 0.6 is 22.9 Å². The zero-order valence-electron chi connectivity index (χ0n) is 11.5. The second kappa shape index (κ2) is 6.29. The van der Waals surface area contributed by atoms with E-state index >= 15 is 0 Å². The molecule has 0 aliphatic rings. The van der Waals surface area contributed by atoms with Crippen LogP contribution in [0.15, 0.2) is 5.38 Å². The molecule has 2 heterocycles. The van der Waals surface area contributed by atoms with E-state index in [1.165, 1.54) is 23.3 Å². The zero-order chi connectivity index (χ0) is 15.6. The van der Waals surface area contributed by atoms with E-state index in [-0.39, 0.29) is 17.2 Å². The average Bonchev–Trinajstić information content (AvgIpc) is 3.04. The molecule has 0 aliphatic heterocycles. The van der Waals surface area contributed by atoms with Crippen molar-refractivity contribution >= 4 is 39.7 Å². The lowest BCUT2D eigenvalue weighted by Gasteiger charge is -2.14. The second-order valence-corrected chi connectivity index (χ2v) is 5.98. The highest BCUT2D eigenvalue weighted by Gasteiger charge is 2.25. The van der Waals surface area contributed by atoms with Gasteiger partial charge in [0.25, 0.3) is 5.91 Å². The van der Waals surface area contributed by atoms with Gasteiger partial charge in [0.2, 0.25) is 0 Å². The van der Waals surface area contributed by atoms with Crippen LogP contribution in [0.1, 0.15) is 31.5 Å². The monoisotopic (exact) mass is 326 g/mol. The largest absolute Gasteiger partial charge is 0.478 e. The molecule has 1 amide bonds. The number of hydrogen-bond acceptors (Lipinski definition) is 7. The van der Waals surface area contributed by atoms with Crippen LogP contribution in [0.3, 0.4) is 0 Å². The van der Waals surface area contributed by atoms with Crippen LogP contribution in [-0.4, -0.2) is 39.9 Å². The molecule has 0 unspecified atom stereocenters. The fourth-order valence-electron chi connectivity index (χ4n) is 1.74. The molecule has 0 saturated carbocycles. The quantitative estimate of drug-likeness (QED) is 0.859. The van der Waals surface area contributed by atoms with Gasteiger partial charge in [-0.15, -0.1) is 11.3 Å². The molecule has 2 aromatic rings. The number of nitrogens with two attached hydrogens (primary N) is 1. The number of aryl methyl sites for hydroxylation is 1. The van der Waals surface area contributed by atoms with Crippen LogP contribution in [0.25, 0.3) is 0 Å². The van der Waals surface area contributed by atoms with Crippen molar-refractivity contribution in [3.05, 3.63) is 27.3 Å². The molecule has 0 atom stereocenters. The van der Waals surface area contributed by atoms with Crippen molar-refractivity contribution < 1.29 is 14.7 Å². The SMILES string of the molecule is Cc1nsc(N(C)C(=O)c2csc(CCN)n2)c1C(=O)O. The van der Waals surface area contributed by atoms with Crippen molar-refractivity contribution in [3.8, 4) is 0 Å². The molecule has 0 radical (unpaired) electrons. The van der Waals surface area contributed by atoms with Crippen molar-refractivity contribution in [2.45, 2.75) is 13.3 Å². The third-order valence-corrected chi connectivity index (χ3v) is 4.72. The van der Waals surface area contributed by atoms with Gasteiger partial charge in [0.1, 0.15) is 16.3 Å². The van der Waals surface area contributed by atoms with Crippen molar-refractivity contribution in [3.63, 3.8) is 0 Å². The van der Waals surface area contributed by atoms with E-state index in [9.17, 15) is 14.7 Å². The van der Waals surface area contributed by atoms with Crippen LogP contribution in [-0.2, 0) is 6.42 Å². The summed E-state index contributed by atoms with van der Waals surface area (Å²) in [6.07, 6.45) is 0.613. The van der Waals surface area contributed by atoms with Crippen LogP contribution < -0.4 is 10.6 Å². The summed E-state index contributed by atoms with van der Waals surface area (Å²) in [6.45, 7) is 2.07. The summed E-state index contributed by atoms with van der Waals surface area (Å²) < 4.78 is 4.00. The van der Waals surface area contributed by atoms with E-state index in [2.05, 4.69) is 9.36 Å². The molecule has 9 heteroatoms. The third-order valence-electron chi connectivity index (χ3n) is 2.80. The maximum absolute atomic E-state index is 12.4. The van der Waals surface area contributed by atoms with Gasteiger partial charge < -0.3 is 10.8 Å². The first-order valence-electron chi connectivity index (χ1n) is 6.07. The number of hydrogen-bond donors (Lipinski definition) is 2. The first-order valence-corrected chi connectivity index (χ1v) is 7.73. The van der Waals surface area contributed by atoms with E-state index in [0.717, 1.165) is 16.5 Å². The standard InChI is InChI=1S/C12H14N4O3S2/c1-6-9(12(18)19)11(21-15-6)16(2)10(17)7-5-20-8(14-7)3-4-13/h5H,3-4,13H2,1-2H3,(H,18,19). The third kappa shape index (κ3) is 3.09. The fourth-order valence-corrected chi connectivity index (χ4v) is 3.38. The van der Waals surface area contributed by atoms with Gasteiger partial charge in [-0.25, -0.2) is 9.78 Å². The molecule has 2 rings (SSSR count). The minimum absolute atomic E-state index is 0.0493. The number of anilines is 1. The number of thiazole rings is 1. The summed E-state index contributed by atoms with van der Waals surface area (Å²) in [5, 5.41) is 12.0.